The molecular formula is C21H24Cl2N2O3S. The lowest BCUT2D eigenvalue weighted by Gasteiger charge is -2.28. The molecule has 1 atom stereocenters. The average molecular weight is 455 g/mol. The zero-order chi connectivity index (χ0) is 21.4. The normalized spacial score (nSPS) is 11.6. The van der Waals surface area contributed by atoms with Crippen LogP contribution in [0.5, 0.6) is 5.75 Å². The zero-order valence-corrected chi connectivity index (χ0v) is 18.9. The minimum atomic E-state index is -0.583. The van der Waals surface area contributed by atoms with Crippen molar-refractivity contribution in [3.63, 3.8) is 0 Å². The first-order valence-corrected chi connectivity index (χ1v) is 10.9. The molecule has 2 rings (SSSR count). The first-order valence-electron chi connectivity index (χ1n) is 9.01. The summed E-state index contributed by atoms with van der Waals surface area (Å²) in [6.07, 6.45) is 0. The van der Waals surface area contributed by atoms with Gasteiger partial charge in [-0.25, -0.2) is 0 Å². The lowest BCUT2D eigenvalue weighted by molar-refractivity contribution is -0.138. The number of nitrogens with zero attached hydrogens (tertiary/aromatic N) is 1. The van der Waals surface area contributed by atoms with Crippen LogP contribution in [0.15, 0.2) is 42.5 Å². The van der Waals surface area contributed by atoms with E-state index in [1.54, 1.807) is 38.1 Å². The summed E-state index contributed by atoms with van der Waals surface area (Å²) >= 11 is 13.4. The third-order valence-corrected chi connectivity index (χ3v) is 6.13. The van der Waals surface area contributed by atoms with E-state index >= 15 is 0 Å². The van der Waals surface area contributed by atoms with E-state index in [-0.39, 0.29) is 17.6 Å². The van der Waals surface area contributed by atoms with Crippen LogP contribution in [-0.4, -0.2) is 42.7 Å². The number of methoxy groups -OCH3 is 1. The summed E-state index contributed by atoms with van der Waals surface area (Å²) in [6, 6.07) is 12.3. The van der Waals surface area contributed by atoms with Gasteiger partial charge >= 0.3 is 0 Å². The average Bonchev–Trinajstić information content (AvgIpc) is 2.73. The van der Waals surface area contributed by atoms with Crippen molar-refractivity contribution in [2.75, 3.05) is 19.9 Å². The van der Waals surface area contributed by atoms with Gasteiger partial charge < -0.3 is 15.0 Å². The van der Waals surface area contributed by atoms with E-state index in [4.69, 9.17) is 27.9 Å². The van der Waals surface area contributed by atoms with Crippen molar-refractivity contribution in [3.05, 3.63) is 63.6 Å². The van der Waals surface area contributed by atoms with Gasteiger partial charge in [0.1, 0.15) is 11.8 Å². The molecule has 0 aliphatic carbocycles. The van der Waals surface area contributed by atoms with E-state index in [1.165, 1.54) is 11.8 Å². The minimum Gasteiger partial charge on any atom is -0.497 e. The number of amides is 2. The summed E-state index contributed by atoms with van der Waals surface area (Å²) in [5, 5.41) is 3.60. The zero-order valence-electron chi connectivity index (χ0n) is 16.6. The number of carbonyl (C=O) groups is 2. The maximum Gasteiger partial charge on any atom is 0.242 e. The van der Waals surface area contributed by atoms with Gasteiger partial charge in [0, 0.05) is 19.3 Å². The lowest BCUT2D eigenvalue weighted by atomic mass is 10.1. The summed E-state index contributed by atoms with van der Waals surface area (Å²) in [5.74, 6) is 1.29. The van der Waals surface area contributed by atoms with Gasteiger partial charge in [0.05, 0.1) is 22.9 Å². The monoisotopic (exact) mass is 454 g/mol. The van der Waals surface area contributed by atoms with Crippen LogP contribution in [-0.2, 0) is 21.9 Å². The van der Waals surface area contributed by atoms with Gasteiger partial charge in [-0.2, -0.15) is 0 Å². The molecular weight excluding hydrogens is 431 g/mol. The summed E-state index contributed by atoms with van der Waals surface area (Å²) in [5.41, 5.74) is 1.91. The quantitative estimate of drug-likeness (QED) is 0.609. The molecule has 0 aromatic heterocycles. The number of nitrogens with one attached hydrogen (secondary N) is 1. The molecule has 0 bridgehead atoms. The number of hydrogen-bond donors (Lipinski definition) is 1. The van der Waals surface area contributed by atoms with Crippen LogP contribution in [0, 0.1) is 0 Å². The molecule has 0 heterocycles. The van der Waals surface area contributed by atoms with Crippen LogP contribution < -0.4 is 10.1 Å². The maximum absolute atomic E-state index is 12.9. The van der Waals surface area contributed by atoms with Crippen LogP contribution in [0.4, 0.5) is 0 Å². The Kier molecular flexibility index (Phi) is 9.14. The summed E-state index contributed by atoms with van der Waals surface area (Å²) in [7, 11) is 3.16. The number of thioether (sulfide) groups is 1. The number of hydrogen-bond acceptors (Lipinski definition) is 4. The second kappa shape index (κ2) is 11.3. The highest BCUT2D eigenvalue weighted by atomic mass is 35.5. The predicted octanol–water partition coefficient (Wildman–Crippen LogP) is 4.40. The standard InChI is InChI=1S/C21H24Cl2N2O3S/c1-14(21(27)24-2)25(11-15-4-7-17(28-3)8-5-15)20(26)13-29-12-16-6-9-18(22)19(23)10-16/h4-10,14H,11-13H2,1-3H3,(H,24,27)/t14-/m0/s1. The summed E-state index contributed by atoms with van der Waals surface area (Å²) in [4.78, 5) is 26.6. The van der Waals surface area contributed by atoms with E-state index in [1.807, 2.05) is 30.3 Å². The van der Waals surface area contributed by atoms with E-state index < -0.39 is 6.04 Å². The molecule has 0 saturated heterocycles. The third-order valence-electron chi connectivity index (χ3n) is 4.40. The Hall–Kier alpha value is -1.89. The van der Waals surface area contributed by atoms with E-state index in [9.17, 15) is 9.59 Å². The highest BCUT2D eigenvalue weighted by Gasteiger charge is 2.25. The van der Waals surface area contributed by atoms with E-state index in [0.717, 1.165) is 16.9 Å². The van der Waals surface area contributed by atoms with Crippen molar-refractivity contribution < 1.29 is 14.3 Å². The minimum absolute atomic E-state index is 0.109. The lowest BCUT2D eigenvalue weighted by Crippen LogP contribution is -2.47. The molecule has 29 heavy (non-hydrogen) atoms. The van der Waals surface area contributed by atoms with Crippen LogP contribution in [0.25, 0.3) is 0 Å². The van der Waals surface area contributed by atoms with Gasteiger partial charge in [0.2, 0.25) is 11.8 Å². The number of likely N-dealkylation sites (N-methyl/N-ethyl adjacent to an activating group) is 1. The smallest absolute Gasteiger partial charge is 0.242 e. The maximum atomic E-state index is 12.9. The van der Waals surface area contributed by atoms with E-state index in [0.29, 0.717) is 22.3 Å². The Labute approximate surface area is 185 Å². The SMILES string of the molecule is CNC(=O)[C@H](C)N(Cc1ccc(OC)cc1)C(=O)CSCc1ccc(Cl)c(Cl)c1. The van der Waals surface area contributed by atoms with Crippen LogP contribution >= 0.6 is 35.0 Å². The predicted molar refractivity (Wildman–Crippen MR) is 120 cm³/mol. The Morgan fingerprint density at radius 1 is 1.10 bits per heavy atom. The number of ether oxygens (including phenoxy) is 1. The highest BCUT2D eigenvalue weighted by molar-refractivity contribution is 7.99. The third kappa shape index (κ3) is 6.84. The topological polar surface area (TPSA) is 58.6 Å². The van der Waals surface area contributed by atoms with Crippen LogP contribution in [0.2, 0.25) is 10.0 Å². The molecule has 0 fully saturated rings. The van der Waals surface area contributed by atoms with Crippen molar-refractivity contribution in [1.29, 1.82) is 0 Å². The number of rotatable bonds is 9. The van der Waals surface area contributed by atoms with Crippen molar-refractivity contribution in [2.24, 2.45) is 0 Å². The molecule has 1 N–H and O–H groups in total. The molecule has 0 unspecified atom stereocenters. The first kappa shape index (κ1) is 23.4. The number of carbonyl (C=O) groups excluding carboxylic acids is 2. The van der Waals surface area contributed by atoms with Gasteiger partial charge in [-0.3, -0.25) is 9.59 Å². The fraction of sp³-hybridized carbons (Fsp3) is 0.333. The molecule has 0 aliphatic rings. The van der Waals surface area contributed by atoms with Crippen molar-refractivity contribution in [1.82, 2.24) is 10.2 Å². The van der Waals surface area contributed by atoms with Crippen LogP contribution in [0.3, 0.4) is 0 Å². The summed E-state index contributed by atoms with van der Waals surface area (Å²) in [6.45, 7) is 2.06. The second-order valence-corrected chi connectivity index (χ2v) is 8.20. The Bertz CT molecular complexity index is 846. The number of halogens is 2. The molecule has 2 amide bonds. The van der Waals surface area contributed by atoms with E-state index in [2.05, 4.69) is 5.32 Å². The van der Waals surface area contributed by atoms with Crippen molar-refractivity contribution >= 4 is 46.8 Å². The van der Waals surface area contributed by atoms with Gasteiger partial charge in [-0.15, -0.1) is 11.8 Å². The largest absolute Gasteiger partial charge is 0.497 e. The van der Waals surface area contributed by atoms with Crippen molar-refractivity contribution in [3.8, 4) is 5.75 Å². The molecule has 8 heteroatoms. The van der Waals surface area contributed by atoms with Gasteiger partial charge in [0.15, 0.2) is 0 Å². The molecule has 2 aromatic carbocycles. The van der Waals surface area contributed by atoms with Gasteiger partial charge in [-0.05, 0) is 42.3 Å². The van der Waals surface area contributed by atoms with Crippen molar-refractivity contribution in [2.45, 2.75) is 25.3 Å². The molecule has 2 aromatic rings. The Balaban J connectivity index is 2.04. The molecule has 0 saturated carbocycles. The van der Waals surface area contributed by atoms with Crippen LogP contribution in [0.1, 0.15) is 18.1 Å². The number of benzene rings is 2. The fourth-order valence-electron chi connectivity index (χ4n) is 2.69. The molecule has 0 spiro atoms. The Morgan fingerprint density at radius 3 is 2.34 bits per heavy atom. The first-order chi connectivity index (χ1) is 13.8. The highest BCUT2D eigenvalue weighted by Crippen LogP contribution is 2.25. The van der Waals surface area contributed by atoms with Gasteiger partial charge in [0.25, 0.3) is 0 Å². The molecule has 5 nitrogen and oxygen atoms in total. The fourth-order valence-corrected chi connectivity index (χ4v) is 3.87. The molecule has 0 radical (unpaired) electrons. The summed E-state index contributed by atoms with van der Waals surface area (Å²) < 4.78 is 5.17. The van der Waals surface area contributed by atoms with Gasteiger partial charge in [-0.1, -0.05) is 41.4 Å². The molecule has 156 valence electrons. The molecule has 0 aliphatic heterocycles. The second-order valence-electron chi connectivity index (χ2n) is 6.40. The Morgan fingerprint density at radius 2 is 1.76 bits per heavy atom.